The third-order valence-corrected chi connectivity index (χ3v) is 11.4. The Labute approximate surface area is 303 Å². The highest BCUT2D eigenvalue weighted by Crippen LogP contribution is 2.45. The first kappa shape index (κ1) is 29.1. The van der Waals surface area contributed by atoms with Crippen LogP contribution in [0.4, 0.5) is 17.1 Å². The van der Waals surface area contributed by atoms with Gasteiger partial charge < -0.3 is 13.7 Å². The lowest BCUT2D eigenvalue weighted by Gasteiger charge is -2.27. The van der Waals surface area contributed by atoms with E-state index in [1.807, 2.05) is 35.6 Å². The third-order valence-electron chi connectivity index (χ3n) is 10.3. The lowest BCUT2D eigenvalue weighted by Crippen LogP contribution is -2.10. The van der Waals surface area contributed by atoms with Crippen molar-refractivity contribution in [2.75, 3.05) is 4.90 Å². The number of hydrogen-bond donors (Lipinski definition) is 0. The summed E-state index contributed by atoms with van der Waals surface area (Å²) >= 11 is 1.84. The van der Waals surface area contributed by atoms with E-state index in [1.54, 1.807) is 0 Å². The van der Waals surface area contributed by atoms with Crippen LogP contribution in [0.5, 0.6) is 0 Å². The van der Waals surface area contributed by atoms with Gasteiger partial charge >= 0.3 is 0 Å². The molecule has 8 aromatic carbocycles. The molecule has 4 heteroatoms. The van der Waals surface area contributed by atoms with E-state index in [0.29, 0.717) is 0 Å². The number of furan rings is 2. The van der Waals surface area contributed by atoms with E-state index in [2.05, 4.69) is 157 Å². The van der Waals surface area contributed by atoms with Crippen molar-refractivity contribution in [1.29, 1.82) is 0 Å². The van der Waals surface area contributed by atoms with Crippen molar-refractivity contribution in [3.05, 3.63) is 176 Å². The number of thiophene rings is 1. The summed E-state index contributed by atoms with van der Waals surface area (Å²) in [7, 11) is 0. The van der Waals surface area contributed by atoms with Crippen LogP contribution < -0.4 is 4.90 Å². The second kappa shape index (κ2) is 11.5. The molecule has 0 N–H and O–H groups in total. The van der Waals surface area contributed by atoms with Gasteiger partial charge in [0.25, 0.3) is 0 Å². The first-order valence-corrected chi connectivity index (χ1v) is 18.3. The van der Waals surface area contributed by atoms with Crippen LogP contribution >= 0.6 is 11.3 Å². The lowest BCUT2D eigenvalue weighted by atomic mass is 10.0. The molecule has 0 aliphatic carbocycles. The van der Waals surface area contributed by atoms with Crippen molar-refractivity contribution in [1.82, 2.24) is 0 Å². The Morgan fingerprint density at radius 1 is 0.346 bits per heavy atom. The minimum atomic E-state index is 0.903. The number of anilines is 3. The summed E-state index contributed by atoms with van der Waals surface area (Å²) in [4.78, 5) is 2.39. The number of fused-ring (bicyclic) bond motifs is 9. The number of nitrogens with zero attached hydrogens (tertiary/aromatic N) is 1. The van der Waals surface area contributed by atoms with Gasteiger partial charge in [-0.15, -0.1) is 11.3 Å². The van der Waals surface area contributed by atoms with Crippen LogP contribution in [0.15, 0.2) is 185 Å². The largest absolute Gasteiger partial charge is 0.456 e. The van der Waals surface area contributed by atoms with Gasteiger partial charge in [-0.25, -0.2) is 0 Å². The normalized spacial score (nSPS) is 11.8. The Morgan fingerprint density at radius 2 is 0.808 bits per heavy atom. The van der Waals surface area contributed by atoms with Gasteiger partial charge in [0.2, 0.25) is 0 Å². The molecule has 3 aromatic heterocycles. The van der Waals surface area contributed by atoms with E-state index in [0.717, 1.165) is 83.2 Å². The molecule has 0 spiro atoms. The molecular formula is C48H29NO2S. The molecular weight excluding hydrogens is 655 g/mol. The second-order valence-corrected chi connectivity index (χ2v) is 14.4. The zero-order valence-corrected chi connectivity index (χ0v) is 28.7. The van der Waals surface area contributed by atoms with Crippen molar-refractivity contribution in [3.8, 4) is 22.3 Å². The Hall–Kier alpha value is -6.62. The average molecular weight is 684 g/mol. The monoisotopic (exact) mass is 683 g/mol. The van der Waals surface area contributed by atoms with Crippen LogP contribution in [0.25, 0.3) is 86.3 Å². The van der Waals surface area contributed by atoms with Crippen LogP contribution in [0.3, 0.4) is 0 Å². The summed E-state index contributed by atoms with van der Waals surface area (Å²) in [6, 6.07) is 62.6. The molecule has 0 aliphatic heterocycles. The molecule has 0 saturated carbocycles. The van der Waals surface area contributed by atoms with Crippen molar-refractivity contribution < 1.29 is 8.83 Å². The molecule has 0 unspecified atom stereocenters. The van der Waals surface area contributed by atoms with Gasteiger partial charge in [-0.2, -0.15) is 0 Å². The summed E-state index contributed by atoms with van der Waals surface area (Å²) in [6.07, 6.45) is 0. The van der Waals surface area contributed by atoms with Crippen LogP contribution in [0.2, 0.25) is 0 Å². The number of benzene rings is 8. The van der Waals surface area contributed by atoms with Crippen LogP contribution in [-0.2, 0) is 0 Å². The maximum atomic E-state index is 6.22. The molecule has 0 aliphatic rings. The van der Waals surface area contributed by atoms with E-state index >= 15 is 0 Å². The molecule has 0 atom stereocenters. The zero-order chi connectivity index (χ0) is 34.2. The van der Waals surface area contributed by atoms with E-state index < -0.39 is 0 Å². The summed E-state index contributed by atoms with van der Waals surface area (Å²) in [6.45, 7) is 0. The second-order valence-electron chi connectivity index (χ2n) is 13.3. The van der Waals surface area contributed by atoms with Gasteiger partial charge in [0, 0.05) is 53.1 Å². The Kier molecular flexibility index (Phi) is 6.42. The maximum Gasteiger partial charge on any atom is 0.136 e. The molecule has 0 saturated heterocycles. The Balaban J connectivity index is 1.02. The standard InChI is InChI=1S/C48H29NO2S/c1-4-12-42-36(8-1)38-26-20-32(28-44(38)50-42)30-16-22-34(23-17-30)49(41-11-7-15-47-48(41)40-10-3-6-14-46(40)52-47)35-24-18-31(19-25-35)33-21-27-39-37-9-2-5-13-43(37)51-45(39)29-33/h1-29H. The number of rotatable bonds is 5. The van der Waals surface area contributed by atoms with Crippen LogP contribution in [0.1, 0.15) is 0 Å². The fraction of sp³-hybridized carbons (Fsp3) is 0. The zero-order valence-electron chi connectivity index (χ0n) is 27.9. The topological polar surface area (TPSA) is 29.5 Å². The lowest BCUT2D eigenvalue weighted by molar-refractivity contribution is 0.668. The fourth-order valence-electron chi connectivity index (χ4n) is 7.79. The van der Waals surface area contributed by atoms with Crippen molar-refractivity contribution in [2.45, 2.75) is 0 Å². The molecule has 11 rings (SSSR count). The van der Waals surface area contributed by atoms with Crippen molar-refractivity contribution >= 4 is 92.4 Å². The summed E-state index contributed by atoms with van der Waals surface area (Å²) in [5.41, 5.74) is 11.5. The molecule has 52 heavy (non-hydrogen) atoms. The number of hydrogen-bond acceptors (Lipinski definition) is 4. The minimum Gasteiger partial charge on any atom is -0.456 e. The molecule has 3 heterocycles. The fourth-order valence-corrected chi connectivity index (χ4v) is 8.91. The maximum absolute atomic E-state index is 6.22. The van der Waals surface area contributed by atoms with Gasteiger partial charge in [0.1, 0.15) is 22.3 Å². The smallest absolute Gasteiger partial charge is 0.136 e. The van der Waals surface area contributed by atoms with Gasteiger partial charge in [-0.1, -0.05) is 97.1 Å². The first-order valence-electron chi connectivity index (χ1n) is 17.5. The van der Waals surface area contributed by atoms with Gasteiger partial charge in [0.15, 0.2) is 0 Å². The Bertz CT molecular complexity index is 2970. The number of para-hydroxylation sites is 2. The SMILES string of the molecule is c1ccc2c(c1)oc1cc(-c3ccc(N(c4ccc(-c5ccc6c(c5)oc5ccccc56)cc4)c4cccc5sc6ccccc6c45)cc3)ccc12. The average Bonchev–Trinajstić information content (AvgIpc) is 3.89. The predicted octanol–water partition coefficient (Wildman–Crippen LogP) is 14.7. The third kappa shape index (κ3) is 4.58. The van der Waals surface area contributed by atoms with E-state index in [9.17, 15) is 0 Å². The summed E-state index contributed by atoms with van der Waals surface area (Å²) in [5.74, 6) is 0. The molecule has 11 aromatic rings. The highest BCUT2D eigenvalue weighted by atomic mass is 32.1. The summed E-state index contributed by atoms with van der Waals surface area (Å²) < 4.78 is 15.0. The van der Waals surface area contributed by atoms with Crippen LogP contribution in [0, 0.1) is 0 Å². The summed E-state index contributed by atoms with van der Waals surface area (Å²) in [5, 5.41) is 7.10. The van der Waals surface area contributed by atoms with Crippen molar-refractivity contribution in [2.24, 2.45) is 0 Å². The highest BCUT2D eigenvalue weighted by molar-refractivity contribution is 7.26. The van der Waals surface area contributed by atoms with Gasteiger partial charge in [-0.3, -0.25) is 0 Å². The van der Waals surface area contributed by atoms with Crippen molar-refractivity contribution in [3.63, 3.8) is 0 Å². The van der Waals surface area contributed by atoms with Gasteiger partial charge in [0.05, 0.1) is 5.69 Å². The van der Waals surface area contributed by atoms with Crippen LogP contribution in [-0.4, -0.2) is 0 Å². The molecule has 0 fully saturated rings. The first-order chi connectivity index (χ1) is 25.7. The predicted molar refractivity (Wildman–Crippen MR) is 219 cm³/mol. The Morgan fingerprint density at radius 3 is 1.38 bits per heavy atom. The molecule has 0 bridgehead atoms. The van der Waals surface area contributed by atoms with E-state index in [4.69, 9.17) is 8.83 Å². The highest BCUT2D eigenvalue weighted by Gasteiger charge is 2.19. The van der Waals surface area contributed by atoms with E-state index in [-0.39, 0.29) is 0 Å². The van der Waals surface area contributed by atoms with E-state index in [1.165, 1.54) is 20.2 Å². The molecule has 0 amide bonds. The minimum absolute atomic E-state index is 0.903. The molecule has 0 radical (unpaired) electrons. The molecule has 244 valence electrons. The van der Waals surface area contributed by atoms with Gasteiger partial charge in [-0.05, 0) is 101 Å². The molecule has 3 nitrogen and oxygen atoms in total. The quantitative estimate of drug-likeness (QED) is 0.181.